The molecule has 0 bridgehead atoms. The van der Waals surface area contributed by atoms with Gasteiger partial charge in [-0.1, -0.05) is 30.3 Å². The lowest BCUT2D eigenvalue weighted by Gasteiger charge is -2.26. The Morgan fingerprint density at radius 3 is 2.52 bits per heavy atom. The smallest absolute Gasteiger partial charge is 0.331 e. The van der Waals surface area contributed by atoms with Crippen LogP contribution < -0.4 is 10.3 Å². The van der Waals surface area contributed by atoms with E-state index in [0.29, 0.717) is 60.0 Å². The maximum atomic E-state index is 14.8. The molecular weight excluding hydrogens is 624 g/mol. The molecule has 0 spiro atoms. The molecule has 0 radical (unpaired) electrons. The van der Waals surface area contributed by atoms with E-state index in [0.717, 1.165) is 49.7 Å². The summed E-state index contributed by atoms with van der Waals surface area (Å²) in [6.07, 6.45) is 1.12. The van der Waals surface area contributed by atoms with Gasteiger partial charge in [0.05, 0.1) is 30.3 Å². The van der Waals surface area contributed by atoms with Gasteiger partial charge in [0.15, 0.2) is 0 Å². The van der Waals surface area contributed by atoms with Crippen molar-refractivity contribution < 1.29 is 27.0 Å². The first-order valence-electron chi connectivity index (χ1n) is 15.3. The van der Waals surface area contributed by atoms with Crippen molar-refractivity contribution in [3.8, 4) is 5.75 Å². The van der Waals surface area contributed by atoms with E-state index in [1.54, 1.807) is 19.1 Å². The summed E-state index contributed by atoms with van der Waals surface area (Å²) in [5.74, 6) is -7.96. The summed E-state index contributed by atoms with van der Waals surface area (Å²) < 4.78 is 70.5. The van der Waals surface area contributed by atoms with Crippen LogP contribution >= 0.6 is 11.6 Å². The van der Waals surface area contributed by atoms with E-state index in [-0.39, 0.29) is 11.1 Å². The first kappa shape index (κ1) is 34.0. The number of H-pyrrole nitrogens is 1. The van der Waals surface area contributed by atoms with E-state index in [9.17, 15) is 22.4 Å². The van der Waals surface area contributed by atoms with Crippen LogP contribution in [0.4, 0.5) is 17.6 Å². The Hall–Kier alpha value is -3.38. The highest BCUT2D eigenvalue weighted by Crippen LogP contribution is 2.41. The van der Waals surface area contributed by atoms with Gasteiger partial charge in [-0.15, -0.1) is 0 Å². The van der Waals surface area contributed by atoms with Crippen LogP contribution in [0.25, 0.3) is 21.8 Å². The molecule has 248 valence electrons. The van der Waals surface area contributed by atoms with E-state index in [1.807, 2.05) is 31.3 Å². The average molecular weight is 663 g/mol. The number of allylic oxidation sites excluding steroid dienone is 1. The number of fused-ring (bicyclic) bond motifs is 3. The first-order valence-corrected chi connectivity index (χ1v) is 15.7. The second-order valence-electron chi connectivity index (χ2n) is 11.8. The van der Waals surface area contributed by atoms with Crippen LogP contribution in [0.2, 0.25) is 5.02 Å². The minimum atomic E-state index is -4.40. The molecular formula is C34H39ClF4N4O3. The highest BCUT2D eigenvalue weighted by atomic mass is 35.5. The van der Waals surface area contributed by atoms with Crippen molar-refractivity contribution >= 4 is 33.4 Å². The third-order valence-electron chi connectivity index (χ3n) is 8.60. The number of benzene rings is 2. The van der Waals surface area contributed by atoms with Crippen molar-refractivity contribution in [3.05, 3.63) is 87.3 Å². The molecule has 4 aromatic rings. The maximum absolute atomic E-state index is 14.8. The van der Waals surface area contributed by atoms with E-state index >= 15 is 0 Å². The van der Waals surface area contributed by atoms with E-state index in [4.69, 9.17) is 21.1 Å². The number of halogens is 5. The molecule has 1 aliphatic rings. The van der Waals surface area contributed by atoms with Crippen molar-refractivity contribution in [2.45, 2.75) is 44.7 Å². The van der Waals surface area contributed by atoms with Gasteiger partial charge in [0.25, 0.3) is 0 Å². The van der Waals surface area contributed by atoms with Crippen LogP contribution in [-0.4, -0.2) is 84.2 Å². The van der Waals surface area contributed by atoms with E-state index in [2.05, 4.69) is 21.4 Å². The number of alkyl halides is 4. The van der Waals surface area contributed by atoms with Gasteiger partial charge in [0.1, 0.15) is 12.4 Å². The maximum Gasteiger partial charge on any atom is 0.331 e. The van der Waals surface area contributed by atoms with Gasteiger partial charge in [0, 0.05) is 54.2 Å². The standard InChI is InChI=1S/C34H39ClF4N4O3/c1-4-33(36,37)34(38,39)22-43-23(2)26(31-29(43)12-11-28-32(31)27(35)20-30(44)40-28)6-5-13-41(3)21-24-7-9-25(10-8-24)46-19-16-42-14-17-45-18-15-42/h4,7-12,20H,1,5-6,13-19,21-22H2,2-3H3,(H,40,44). The lowest BCUT2D eigenvalue weighted by Crippen LogP contribution is -2.42. The molecule has 0 atom stereocenters. The summed E-state index contributed by atoms with van der Waals surface area (Å²) in [7, 11) is 2.00. The van der Waals surface area contributed by atoms with Crippen LogP contribution in [-0.2, 0) is 24.2 Å². The number of hydrogen-bond donors (Lipinski definition) is 1. The molecule has 1 fully saturated rings. The molecule has 0 aliphatic carbocycles. The van der Waals surface area contributed by atoms with E-state index < -0.39 is 23.9 Å². The van der Waals surface area contributed by atoms with Gasteiger partial charge in [-0.05, 0) is 74.8 Å². The van der Waals surface area contributed by atoms with Gasteiger partial charge in [0.2, 0.25) is 5.56 Å². The molecule has 0 amide bonds. The number of aromatic amines is 1. The molecule has 46 heavy (non-hydrogen) atoms. The van der Waals surface area contributed by atoms with Crippen molar-refractivity contribution in [1.82, 2.24) is 19.4 Å². The number of pyridine rings is 1. The Morgan fingerprint density at radius 2 is 1.83 bits per heavy atom. The molecule has 2 aromatic heterocycles. The number of nitrogens with zero attached hydrogens (tertiary/aromatic N) is 3. The lowest BCUT2D eigenvalue weighted by molar-refractivity contribution is -0.186. The van der Waals surface area contributed by atoms with Gasteiger partial charge in [-0.3, -0.25) is 9.69 Å². The second-order valence-corrected chi connectivity index (χ2v) is 12.2. The third-order valence-corrected chi connectivity index (χ3v) is 8.89. The van der Waals surface area contributed by atoms with E-state index in [1.165, 1.54) is 10.6 Å². The normalized spacial score (nSPS) is 14.9. The minimum absolute atomic E-state index is 0.0188. The molecule has 1 saturated heterocycles. The predicted octanol–water partition coefficient (Wildman–Crippen LogP) is 6.68. The number of morpholine rings is 1. The van der Waals surface area contributed by atoms with Gasteiger partial charge in [-0.2, -0.15) is 17.6 Å². The van der Waals surface area contributed by atoms with Gasteiger partial charge >= 0.3 is 11.8 Å². The highest BCUT2D eigenvalue weighted by molar-refractivity contribution is 6.37. The zero-order valence-corrected chi connectivity index (χ0v) is 26.8. The average Bonchev–Trinajstić information content (AvgIpc) is 3.27. The number of hydrogen-bond acceptors (Lipinski definition) is 5. The molecule has 5 rings (SSSR count). The topological polar surface area (TPSA) is 62.7 Å². The molecule has 1 aliphatic heterocycles. The SMILES string of the molecule is C=CC(F)(F)C(F)(F)Cn1c(C)c(CCCN(C)Cc2ccc(OCCN3CCOCC3)cc2)c2c3c(Cl)cc(=O)[nH]c3ccc21. The van der Waals surface area contributed by atoms with Crippen LogP contribution in [0.1, 0.15) is 23.2 Å². The Balaban J connectivity index is 1.29. The number of ether oxygens (including phenoxy) is 2. The Kier molecular flexibility index (Phi) is 10.5. The van der Waals surface area contributed by atoms with Gasteiger partial charge < -0.3 is 23.9 Å². The van der Waals surface area contributed by atoms with Crippen molar-refractivity contribution in [2.75, 3.05) is 53.0 Å². The van der Waals surface area contributed by atoms with Crippen molar-refractivity contribution in [2.24, 2.45) is 0 Å². The molecule has 0 unspecified atom stereocenters. The fourth-order valence-corrected chi connectivity index (χ4v) is 6.34. The molecule has 2 aromatic carbocycles. The summed E-state index contributed by atoms with van der Waals surface area (Å²) in [6, 6.07) is 12.3. The molecule has 7 nitrogen and oxygen atoms in total. The van der Waals surface area contributed by atoms with Crippen molar-refractivity contribution in [3.63, 3.8) is 0 Å². The summed E-state index contributed by atoms with van der Waals surface area (Å²) in [5, 5.41) is 1.23. The minimum Gasteiger partial charge on any atom is -0.492 e. The monoisotopic (exact) mass is 662 g/mol. The van der Waals surface area contributed by atoms with Crippen LogP contribution in [0, 0.1) is 6.92 Å². The van der Waals surface area contributed by atoms with Gasteiger partial charge in [-0.25, -0.2) is 0 Å². The fraction of sp³-hybridized carbons (Fsp3) is 0.441. The van der Waals surface area contributed by atoms with Crippen LogP contribution in [0.5, 0.6) is 5.75 Å². The van der Waals surface area contributed by atoms with Crippen LogP contribution in [0.15, 0.2) is 59.9 Å². The second kappa shape index (κ2) is 14.2. The fourth-order valence-electron chi connectivity index (χ4n) is 6.04. The number of nitrogens with one attached hydrogen (secondary N) is 1. The summed E-state index contributed by atoms with van der Waals surface area (Å²) >= 11 is 6.52. The summed E-state index contributed by atoms with van der Waals surface area (Å²) in [4.78, 5) is 19.3. The molecule has 1 N–H and O–H groups in total. The Bertz CT molecular complexity index is 1730. The number of rotatable bonds is 14. The summed E-state index contributed by atoms with van der Waals surface area (Å²) in [6.45, 7) is 9.51. The largest absolute Gasteiger partial charge is 0.492 e. The number of aryl methyl sites for hydroxylation is 1. The zero-order valence-electron chi connectivity index (χ0n) is 26.1. The molecule has 0 saturated carbocycles. The Labute approximate surface area is 270 Å². The summed E-state index contributed by atoms with van der Waals surface area (Å²) in [5.41, 5.74) is 2.66. The first-order chi connectivity index (χ1) is 21.9. The Morgan fingerprint density at radius 1 is 1.11 bits per heavy atom. The van der Waals surface area contributed by atoms with Crippen LogP contribution in [0.3, 0.4) is 0 Å². The lowest BCUT2D eigenvalue weighted by atomic mass is 10.0. The third kappa shape index (κ3) is 7.43. The molecule has 3 heterocycles. The zero-order chi connectivity index (χ0) is 33.1. The molecule has 12 heteroatoms. The quantitative estimate of drug-likeness (QED) is 0.121. The van der Waals surface area contributed by atoms with Crippen molar-refractivity contribution in [1.29, 1.82) is 0 Å². The highest BCUT2D eigenvalue weighted by Gasteiger charge is 2.54. The number of aromatic nitrogens is 2. The predicted molar refractivity (Wildman–Crippen MR) is 174 cm³/mol.